The van der Waals surface area contributed by atoms with Gasteiger partial charge >= 0.3 is 0 Å². The number of fused-ring (bicyclic) bond motifs is 4. The third-order valence-corrected chi connectivity index (χ3v) is 4.69. The van der Waals surface area contributed by atoms with Gasteiger partial charge in [0.2, 0.25) is 5.71 Å². The Morgan fingerprint density at radius 3 is 2.83 bits per heavy atom. The summed E-state index contributed by atoms with van der Waals surface area (Å²) in [6, 6.07) is 14.3. The SMILES string of the molecule is NCCCCN=c1c2cc(Br)ccc2oc2[nH]c3ccccc3c12. The fraction of sp³-hybridized carbons (Fsp3) is 0.211. The van der Waals surface area contributed by atoms with Crippen LogP contribution in [0.15, 0.2) is 56.3 Å². The van der Waals surface area contributed by atoms with Crippen molar-refractivity contribution in [1.82, 2.24) is 4.98 Å². The van der Waals surface area contributed by atoms with Gasteiger partial charge in [0.25, 0.3) is 0 Å². The summed E-state index contributed by atoms with van der Waals surface area (Å²) in [6.07, 6.45) is 1.97. The molecule has 24 heavy (non-hydrogen) atoms. The van der Waals surface area contributed by atoms with Gasteiger partial charge in [0.1, 0.15) is 5.58 Å². The molecule has 2 heterocycles. The quantitative estimate of drug-likeness (QED) is 0.510. The summed E-state index contributed by atoms with van der Waals surface area (Å²) in [5, 5.41) is 4.19. The van der Waals surface area contributed by atoms with Crippen LogP contribution in [-0.4, -0.2) is 18.1 Å². The zero-order chi connectivity index (χ0) is 16.5. The summed E-state index contributed by atoms with van der Waals surface area (Å²) in [7, 11) is 0. The molecule has 0 saturated heterocycles. The van der Waals surface area contributed by atoms with Gasteiger partial charge in [-0.2, -0.15) is 0 Å². The smallest absolute Gasteiger partial charge is 0.208 e. The fourth-order valence-corrected chi connectivity index (χ4v) is 3.42. The Balaban J connectivity index is 2.09. The second-order valence-corrected chi connectivity index (χ2v) is 6.76. The molecule has 0 amide bonds. The molecule has 5 heteroatoms. The Morgan fingerprint density at radius 1 is 1.08 bits per heavy atom. The van der Waals surface area contributed by atoms with Crippen LogP contribution >= 0.6 is 15.9 Å². The zero-order valence-electron chi connectivity index (χ0n) is 13.2. The number of H-pyrrole nitrogens is 1. The molecule has 4 aromatic rings. The lowest BCUT2D eigenvalue weighted by molar-refractivity contribution is 0.647. The molecule has 0 bridgehead atoms. The number of para-hydroxylation sites is 1. The first-order chi connectivity index (χ1) is 11.8. The number of aromatic amines is 1. The average molecular weight is 384 g/mol. The number of nitrogens with zero attached hydrogens (tertiary/aromatic N) is 1. The predicted molar refractivity (Wildman–Crippen MR) is 102 cm³/mol. The number of halogens is 1. The minimum absolute atomic E-state index is 0.703. The lowest BCUT2D eigenvalue weighted by Crippen LogP contribution is -2.07. The first-order valence-electron chi connectivity index (χ1n) is 8.11. The van der Waals surface area contributed by atoms with Crippen LogP contribution in [0.4, 0.5) is 0 Å². The summed E-state index contributed by atoms with van der Waals surface area (Å²) in [5.41, 5.74) is 8.25. The normalized spacial score (nSPS) is 12.7. The van der Waals surface area contributed by atoms with Crippen LogP contribution in [0.25, 0.3) is 33.0 Å². The predicted octanol–water partition coefficient (Wildman–Crippen LogP) is 4.47. The molecule has 0 aliphatic carbocycles. The van der Waals surface area contributed by atoms with Crippen LogP contribution in [0.1, 0.15) is 12.8 Å². The summed E-state index contributed by atoms with van der Waals surface area (Å²) in [6.45, 7) is 1.46. The van der Waals surface area contributed by atoms with Gasteiger partial charge in [-0.25, -0.2) is 0 Å². The van der Waals surface area contributed by atoms with Crippen molar-refractivity contribution in [2.45, 2.75) is 12.8 Å². The number of nitrogens with two attached hydrogens (primary N) is 1. The molecule has 0 saturated carbocycles. The first-order valence-corrected chi connectivity index (χ1v) is 8.90. The number of unbranched alkanes of at least 4 members (excludes halogenated alkanes) is 1. The van der Waals surface area contributed by atoms with Gasteiger partial charge in [0, 0.05) is 27.3 Å². The van der Waals surface area contributed by atoms with Crippen LogP contribution in [-0.2, 0) is 0 Å². The molecule has 0 spiro atoms. The van der Waals surface area contributed by atoms with Gasteiger partial charge in [-0.05, 0) is 43.7 Å². The largest absolute Gasteiger partial charge is 0.440 e. The maximum Gasteiger partial charge on any atom is 0.208 e. The molecular formula is C19H18BrN3O. The van der Waals surface area contributed by atoms with Gasteiger partial charge in [-0.3, -0.25) is 4.99 Å². The maximum atomic E-state index is 6.10. The number of rotatable bonds is 4. The van der Waals surface area contributed by atoms with E-state index in [0.29, 0.717) is 6.54 Å². The molecule has 4 rings (SSSR count). The maximum absolute atomic E-state index is 6.10. The number of aromatic nitrogens is 1. The molecule has 0 atom stereocenters. The topological polar surface area (TPSA) is 67.3 Å². The van der Waals surface area contributed by atoms with Crippen LogP contribution in [0.2, 0.25) is 0 Å². The zero-order valence-corrected chi connectivity index (χ0v) is 14.8. The van der Waals surface area contributed by atoms with Crippen molar-refractivity contribution in [2.75, 3.05) is 13.1 Å². The molecule has 0 radical (unpaired) electrons. The van der Waals surface area contributed by atoms with Crippen LogP contribution in [0.5, 0.6) is 0 Å². The lowest BCUT2D eigenvalue weighted by atomic mass is 10.1. The Hall–Kier alpha value is -2.11. The van der Waals surface area contributed by atoms with E-state index in [9.17, 15) is 0 Å². The number of hydrogen-bond donors (Lipinski definition) is 2. The van der Waals surface area contributed by atoms with E-state index in [1.54, 1.807) is 0 Å². The van der Waals surface area contributed by atoms with Gasteiger partial charge in [-0.15, -0.1) is 0 Å². The molecule has 0 aliphatic heterocycles. The second kappa shape index (κ2) is 6.42. The van der Waals surface area contributed by atoms with E-state index in [2.05, 4.69) is 39.1 Å². The Labute approximate surface area is 147 Å². The summed E-state index contributed by atoms with van der Waals surface area (Å²) in [5.74, 6) is 0. The second-order valence-electron chi connectivity index (χ2n) is 5.84. The Morgan fingerprint density at radius 2 is 1.96 bits per heavy atom. The molecule has 0 fully saturated rings. The van der Waals surface area contributed by atoms with Crippen molar-refractivity contribution in [3.8, 4) is 0 Å². The highest BCUT2D eigenvalue weighted by Gasteiger charge is 2.12. The molecule has 2 aromatic carbocycles. The van der Waals surface area contributed by atoms with Crippen molar-refractivity contribution in [2.24, 2.45) is 10.7 Å². The van der Waals surface area contributed by atoms with Crippen LogP contribution < -0.4 is 11.1 Å². The third-order valence-electron chi connectivity index (χ3n) is 4.20. The fourth-order valence-electron chi connectivity index (χ4n) is 3.06. The van der Waals surface area contributed by atoms with Crippen molar-refractivity contribution < 1.29 is 4.42 Å². The van der Waals surface area contributed by atoms with Crippen LogP contribution in [0.3, 0.4) is 0 Å². The monoisotopic (exact) mass is 383 g/mol. The lowest BCUT2D eigenvalue weighted by Gasteiger charge is -2.02. The number of benzene rings is 2. The highest BCUT2D eigenvalue weighted by Crippen LogP contribution is 2.27. The molecule has 2 aromatic heterocycles. The molecule has 0 aliphatic rings. The Bertz CT molecular complexity index is 1090. The molecule has 4 nitrogen and oxygen atoms in total. The van der Waals surface area contributed by atoms with E-state index in [-0.39, 0.29) is 0 Å². The van der Waals surface area contributed by atoms with E-state index in [1.165, 1.54) is 0 Å². The summed E-state index contributed by atoms with van der Waals surface area (Å²) in [4.78, 5) is 8.28. The third kappa shape index (κ3) is 2.64. The van der Waals surface area contributed by atoms with E-state index >= 15 is 0 Å². The molecule has 122 valence electrons. The highest BCUT2D eigenvalue weighted by molar-refractivity contribution is 9.10. The first kappa shape index (κ1) is 15.4. The van der Waals surface area contributed by atoms with Gasteiger partial charge < -0.3 is 15.1 Å². The van der Waals surface area contributed by atoms with Gasteiger partial charge in [0.15, 0.2) is 0 Å². The van der Waals surface area contributed by atoms with Crippen LogP contribution in [0, 0.1) is 0 Å². The highest BCUT2D eigenvalue weighted by atomic mass is 79.9. The number of nitrogens with one attached hydrogen (secondary N) is 1. The van der Waals surface area contributed by atoms with Crippen molar-refractivity contribution in [3.63, 3.8) is 0 Å². The van der Waals surface area contributed by atoms with Crippen molar-refractivity contribution in [3.05, 3.63) is 52.3 Å². The van der Waals surface area contributed by atoms with E-state index in [1.807, 2.05) is 24.3 Å². The minimum Gasteiger partial charge on any atom is -0.440 e. The van der Waals surface area contributed by atoms with E-state index in [4.69, 9.17) is 15.1 Å². The van der Waals surface area contributed by atoms with E-state index < -0.39 is 0 Å². The Kier molecular flexibility index (Phi) is 4.12. The van der Waals surface area contributed by atoms with Crippen molar-refractivity contribution in [1.29, 1.82) is 0 Å². The summed E-state index contributed by atoms with van der Waals surface area (Å²) < 4.78 is 7.11. The van der Waals surface area contributed by atoms with E-state index in [0.717, 1.165) is 62.2 Å². The average Bonchev–Trinajstić information content (AvgIpc) is 2.96. The molecule has 0 unspecified atom stereocenters. The standard InChI is InChI=1S/C19H18BrN3O/c20-12-7-8-16-14(11-12)18(22-10-4-3-9-21)17-13-5-1-2-6-15(13)23-19(17)24-16/h1-2,5-8,11,23H,3-4,9-10,21H2. The minimum atomic E-state index is 0.703. The van der Waals surface area contributed by atoms with Crippen molar-refractivity contribution >= 4 is 48.9 Å². The number of hydrogen-bond acceptors (Lipinski definition) is 3. The van der Waals surface area contributed by atoms with Gasteiger partial charge in [0.05, 0.1) is 10.7 Å². The molecular weight excluding hydrogens is 366 g/mol. The molecule has 3 N–H and O–H groups in total. The summed E-state index contributed by atoms with van der Waals surface area (Å²) >= 11 is 3.56. The van der Waals surface area contributed by atoms with Gasteiger partial charge in [-0.1, -0.05) is 34.1 Å².